The molecular weight excluding hydrogens is 463 g/mol. The second-order valence-electron chi connectivity index (χ2n) is 6.89. The molecule has 1 saturated heterocycles. The zero-order valence-corrected chi connectivity index (χ0v) is 19.0. The van der Waals surface area contributed by atoms with Crippen LogP contribution in [-0.4, -0.2) is 62.7 Å². The van der Waals surface area contributed by atoms with E-state index in [0.717, 1.165) is 44.6 Å². The van der Waals surface area contributed by atoms with Gasteiger partial charge in [0.1, 0.15) is 11.6 Å². The van der Waals surface area contributed by atoms with E-state index in [-0.39, 0.29) is 30.0 Å². The molecule has 0 amide bonds. The molecule has 1 heterocycles. The third kappa shape index (κ3) is 7.06. The van der Waals surface area contributed by atoms with Crippen molar-refractivity contribution in [2.45, 2.75) is 39.3 Å². The number of guanidine groups is 1. The minimum absolute atomic E-state index is 0. The number of anilines is 1. The molecule has 1 unspecified atom stereocenters. The van der Waals surface area contributed by atoms with Gasteiger partial charge in [-0.05, 0) is 38.9 Å². The SMILES string of the molecule is CCN(CCNC(=NC)NC1CCN(c2ccc(F)cc2F)C1)C(C)C.I. The topological polar surface area (TPSA) is 42.9 Å². The molecule has 2 rings (SSSR count). The first kappa shape index (κ1) is 23.9. The van der Waals surface area contributed by atoms with E-state index >= 15 is 0 Å². The Balaban J connectivity index is 0.00000364. The van der Waals surface area contributed by atoms with Gasteiger partial charge in [0.25, 0.3) is 0 Å². The van der Waals surface area contributed by atoms with E-state index in [4.69, 9.17) is 0 Å². The molecule has 0 saturated carbocycles. The maximum atomic E-state index is 14.0. The lowest BCUT2D eigenvalue weighted by Gasteiger charge is -2.25. The number of nitrogens with zero attached hydrogens (tertiary/aromatic N) is 3. The lowest BCUT2D eigenvalue weighted by atomic mass is 10.2. The van der Waals surface area contributed by atoms with Crippen molar-refractivity contribution in [1.82, 2.24) is 15.5 Å². The van der Waals surface area contributed by atoms with Gasteiger partial charge in [-0.2, -0.15) is 0 Å². The maximum absolute atomic E-state index is 14.0. The quantitative estimate of drug-likeness (QED) is 0.347. The summed E-state index contributed by atoms with van der Waals surface area (Å²) in [6.45, 7) is 10.7. The van der Waals surface area contributed by atoms with Crippen LogP contribution in [0, 0.1) is 11.6 Å². The molecule has 154 valence electrons. The van der Waals surface area contributed by atoms with Gasteiger partial charge in [-0.15, -0.1) is 24.0 Å². The van der Waals surface area contributed by atoms with E-state index < -0.39 is 11.6 Å². The summed E-state index contributed by atoms with van der Waals surface area (Å²) in [5, 5.41) is 6.74. The Morgan fingerprint density at radius 2 is 2.11 bits per heavy atom. The molecule has 8 heteroatoms. The molecule has 1 atom stereocenters. The predicted molar refractivity (Wildman–Crippen MR) is 119 cm³/mol. The Morgan fingerprint density at radius 1 is 1.37 bits per heavy atom. The lowest BCUT2D eigenvalue weighted by Crippen LogP contribution is -2.47. The number of aliphatic imine (C=N–C) groups is 1. The van der Waals surface area contributed by atoms with Crippen molar-refractivity contribution in [3.63, 3.8) is 0 Å². The van der Waals surface area contributed by atoms with Crippen molar-refractivity contribution in [3.8, 4) is 0 Å². The highest BCUT2D eigenvalue weighted by Crippen LogP contribution is 2.24. The zero-order chi connectivity index (χ0) is 19.1. The standard InChI is InChI=1S/C19H31F2N5.HI/c1-5-25(14(2)3)11-9-23-19(22-4)24-16-8-10-26(13-16)18-7-6-15(20)12-17(18)21;/h6-7,12,14,16H,5,8-11,13H2,1-4H3,(H2,22,23,24);1H. The fourth-order valence-corrected chi connectivity index (χ4v) is 3.32. The third-order valence-corrected chi connectivity index (χ3v) is 4.83. The Labute approximate surface area is 178 Å². The summed E-state index contributed by atoms with van der Waals surface area (Å²) in [5.41, 5.74) is 0.453. The summed E-state index contributed by atoms with van der Waals surface area (Å²) in [6.07, 6.45) is 0.880. The monoisotopic (exact) mass is 495 g/mol. The fourth-order valence-electron chi connectivity index (χ4n) is 3.32. The van der Waals surface area contributed by atoms with E-state index in [9.17, 15) is 8.78 Å². The summed E-state index contributed by atoms with van der Waals surface area (Å²) in [6, 6.07) is 4.44. The average molecular weight is 495 g/mol. The molecular formula is C19H32F2IN5. The highest BCUT2D eigenvalue weighted by molar-refractivity contribution is 14.0. The highest BCUT2D eigenvalue weighted by atomic mass is 127. The maximum Gasteiger partial charge on any atom is 0.191 e. The van der Waals surface area contributed by atoms with Crippen molar-refractivity contribution in [2.24, 2.45) is 4.99 Å². The first-order valence-electron chi connectivity index (χ1n) is 9.35. The van der Waals surface area contributed by atoms with E-state index in [1.54, 1.807) is 7.05 Å². The minimum atomic E-state index is -0.549. The van der Waals surface area contributed by atoms with Gasteiger partial charge in [0, 0.05) is 51.4 Å². The second kappa shape index (κ2) is 11.6. The number of hydrogen-bond acceptors (Lipinski definition) is 3. The highest BCUT2D eigenvalue weighted by Gasteiger charge is 2.25. The lowest BCUT2D eigenvalue weighted by molar-refractivity contribution is 0.237. The van der Waals surface area contributed by atoms with Crippen LogP contribution in [0.1, 0.15) is 27.2 Å². The van der Waals surface area contributed by atoms with Gasteiger partial charge in [-0.3, -0.25) is 9.89 Å². The van der Waals surface area contributed by atoms with E-state index in [1.165, 1.54) is 12.1 Å². The van der Waals surface area contributed by atoms with E-state index in [2.05, 4.69) is 41.3 Å². The Bertz CT molecular complexity index is 612. The molecule has 0 bridgehead atoms. The summed E-state index contributed by atoms with van der Waals surface area (Å²) in [4.78, 5) is 8.61. The number of halogens is 3. The molecule has 5 nitrogen and oxygen atoms in total. The molecule has 2 N–H and O–H groups in total. The summed E-state index contributed by atoms with van der Waals surface area (Å²) >= 11 is 0. The Hall–Kier alpha value is -1.16. The van der Waals surface area contributed by atoms with Gasteiger partial charge in [0.05, 0.1) is 5.69 Å². The number of rotatable bonds is 7. The van der Waals surface area contributed by atoms with Crippen LogP contribution in [0.15, 0.2) is 23.2 Å². The Kier molecular flexibility index (Phi) is 10.3. The van der Waals surface area contributed by atoms with Gasteiger partial charge in [0.2, 0.25) is 0 Å². The van der Waals surface area contributed by atoms with Gasteiger partial charge in [-0.25, -0.2) is 8.78 Å². The molecule has 1 aliphatic rings. The summed E-state index contributed by atoms with van der Waals surface area (Å²) in [5.74, 6) is -0.301. The van der Waals surface area contributed by atoms with Gasteiger partial charge < -0.3 is 15.5 Å². The fraction of sp³-hybridized carbons (Fsp3) is 0.632. The largest absolute Gasteiger partial charge is 0.367 e. The van der Waals surface area contributed by atoms with Gasteiger partial charge in [-0.1, -0.05) is 6.92 Å². The van der Waals surface area contributed by atoms with Crippen LogP contribution in [-0.2, 0) is 0 Å². The van der Waals surface area contributed by atoms with Crippen LogP contribution in [0.3, 0.4) is 0 Å². The van der Waals surface area contributed by atoms with Gasteiger partial charge >= 0.3 is 0 Å². The molecule has 0 radical (unpaired) electrons. The van der Waals surface area contributed by atoms with Crippen molar-refractivity contribution >= 4 is 35.6 Å². The first-order valence-corrected chi connectivity index (χ1v) is 9.35. The van der Waals surface area contributed by atoms with Crippen molar-refractivity contribution < 1.29 is 8.78 Å². The molecule has 1 fully saturated rings. The molecule has 1 aromatic carbocycles. The molecule has 0 aromatic heterocycles. The molecule has 1 aliphatic heterocycles. The third-order valence-electron chi connectivity index (χ3n) is 4.83. The number of hydrogen-bond donors (Lipinski definition) is 2. The first-order chi connectivity index (χ1) is 12.4. The summed E-state index contributed by atoms with van der Waals surface area (Å²) < 4.78 is 27.0. The van der Waals surface area contributed by atoms with Crippen LogP contribution in [0.2, 0.25) is 0 Å². The van der Waals surface area contributed by atoms with Crippen LogP contribution < -0.4 is 15.5 Å². The molecule has 27 heavy (non-hydrogen) atoms. The predicted octanol–water partition coefficient (Wildman–Crippen LogP) is 3.06. The van der Waals surface area contributed by atoms with Crippen LogP contribution in [0.5, 0.6) is 0 Å². The zero-order valence-electron chi connectivity index (χ0n) is 16.6. The average Bonchev–Trinajstić information content (AvgIpc) is 3.05. The summed E-state index contributed by atoms with van der Waals surface area (Å²) in [7, 11) is 1.75. The van der Waals surface area contributed by atoms with Crippen LogP contribution in [0.4, 0.5) is 14.5 Å². The normalized spacial score (nSPS) is 17.4. The minimum Gasteiger partial charge on any atom is -0.367 e. The van der Waals surface area contributed by atoms with Crippen molar-refractivity contribution in [1.29, 1.82) is 0 Å². The van der Waals surface area contributed by atoms with E-state index in [1.807, 2.05) is 4.90 Å². The number of nitrogens with one attached hydrogen (secondary N) is 2. The molecule has 1 aromatic rings. The van der Waals surface area contributed by atoms with Crippen molar-refractivity contribution in [2.75, 3.05) is 44.7 Å². The number of benzene rings is 1. The number of likely N-dealkylation sites (N-methyl/N-ethyl adjacent to an activating group) is 1. The van der Waals surface area contributed by atoms with Crippen molar-refractivity contribution in [3.05, 3.63) is 29.8 Å². The second-order valence-corrected chi connectivity index (χ2v) is 6.89. The molecule has 0 spiro atoms. The van der Waals surface area contributed by atoms with Crippen LogP contribution >= 0.6 is 24.0 Å². The van der Waals surface area contributed by atoms with Gasteiger partial charge in [0.15, 0.2) is 5.96 Å². The smallest absolute Gasteiger partial charge is 0.191 e. The molecule has 0 aliphatic carbocycles. The van der Waals surface area contributed by atoms with E-state index in [0.29, 0.717) is 18.3 Å². The Morgan fingerprint density at radius 3 is 2.70 bits per heavy atom. The van der Waals surface area contributed by atoms with Crippen LogP contribution in [0.25, 0.3) is 0 Å².